The van der Waals surface area contributed by atoms with E-state index >= 15 is 0 Å². The van der Waals surface area contributed by atoms with Gasteiger partial charge in [-0.05, 0) is 49.4 Å². The van der Waals surface area contributed by atoms with Crippen LogP contribution in [0.1, 0.15) is 53.7 Å². The minimum Gasteiger partial charge on any atom is -0.481 e. The van der Waals surface area contributed by atoms with Crippen LogP contribution in [0.5, 0.6) is 0 Å². The molecule has 1 aliphatic heterocycles. The van der Waals surface area contributed by atoms with Crippen molar-refractivity contribution >= 4 is 46.1 Å². The lowest BCUT2D eigenvalue weighted by molar-refractivity contribution is -0.139. The van der Waals surface area contributed by atoms with Crippen molar-refractivity contribution in [3.8, 4) is 0 Å². The Bertz CT molecular complexity index is 1200. The number of carboxylic acid groups (broad SMARTS) is 1. The number of carboxylic acids is 1. The maximum absolute atomic E-state index is 13.4. The molecule has 1 aromatic carbocycles. The number of aromatic nitrogens is 2. The lowest BCUT2D eigenvalue weighted by Crippen LogP contribution is -2.50. The number of aryl methyl sites for hydroxylation is 2. The monoisotopic (exact) mass is 501 g/mol. The number of pyridine rings is 1. The number of carbonyl (C=O) groups is 2. The molecule has 34 heavy (non-hydrogen) atoms. The summed E-state index contributed by atoms with van der Waals surface area (Å²) in [4.78, 5) is 30.6. The van der Waals surface area contributed by atoms with Gasteiger partial charge in [-0.25, -0.2) is 4.98 Å². The van der Waals surface area contributed by atoms with Gasteiger partial charge in [-0.1, -0.05) is 48.2 Å². The predicted molar refractivity (Wildman–Crippen MR) is 135 cm³/mol. The summed E-state index contributed by atoms with van der Waals surface area (Å²) >= 11 is 12.3. The molecule has 1 fully saturated rings. The van der Waals surface area contributed by atoms with Gasteiger partial charge in [0.15, 0.2) is 0 Å². The van der Waals surface area contributed by atoms with E-state index in [4.69, 9.17) is 28.3 Å². The molecular weight excluding hydrogens is 473 g/mol. The number of carbonyl (C=O) groups excluding carboxylic acids is 1. The molecule has 4 rings (SSSR count). The maximum atomic E-state index is 13.4. The van der Waals surface area contributed by atoms with E-state index < -0.39 is 5.97 Å². The molecule has 1 amide bonds. The number of fused-ring (bicyclic) bond motifs is 1. The minimum atomic E-state index is -0.825. The van der Waals surface area contributed by atoms with Crippen LogP contribution in [0, 0.1) is 5.92 Å². The van der Waals surface area contributed by atoms with Crippen molar-refractivity contribution in [3.63, 3.8) is 0 Å². The van der Waals surface area contributed by atoms with Gasteiger partial charge in [0.05, 0.1) is 17.0 Å². The minimum absolute atomic E-state index is 0.0149. The summed E-state index contributed by atoms with van der Waals surface area (Å²) in [6.45, 7) is 0.941. The molecule has 0 saturated carbocycles. The van der Waals surface area contributed by atoms with Gasteiger partial charge in [0.25, 0.3) is 5.91 Å². The quantitative estimate of drug-likeness (QED) is 0.357. The predicted octanol–water partition coefficient (Wildman–Crippen LogP) is 5.77. The number of rotatable bonds is 10. The Morgan fingerprint density at radius 3 is 2.50 bits per heavy atom. The van der Waals surface area contributed by atoms with E-state index in [1.165, 1.54) is 5.56 Å². The van der Waals surface area contributed by atoms with E-state index in [1.807, 2.05) is 29.8 Å². The molecule has 0 spiro atoms. The lowest BCUT2D eigenvalue weighted by atomic mass is 9.94. The summed E-state index contributed by atoms with van der Waals surface area (Å²) in [7, 11) is 1.94. The van der Waals surface area contributed by atoms with Crippen LogP contribution in [0.15, 0.2) is 36.5 Å². The second kappa shape index (κ2) is 10.8. The number of hydrogen-bond donors (Lipinski definition) is 1. The first-order chi connectivity index (χ1) is 16.3. The van der Waals surface area contributed by atoms with Gasteiger partial charge >= 0.3 is 5.97 Å². The topological polar surface area (TPSA) is 75.4 Å². The highest BCUT2D eigenvalue weighted by Crippen LogP contribution is 2.31. The SMILES string of the molecule is Cn1c(CCCCCCc2cccc(Cl)c2)c(C(=O)N2CC(CC(=O)O)C2)c2cc(Cl)cnc21. The Kier molecular flexibility index (Phi) is 7.79. The molecule has 3 aromatic rings. The number of amides is 1. The standard InChI is InChI=1S/C26H29Cl2N3O3/c1-30-22(10-5-3-2-4-7-17-8-6-9-19(27)11-17)24(21-13-20(28)14-29-25(21)30)26(34)31-15-18(16-31)12-23(32)33/h6,8-9,11,13-14,18H,2-5,7,10,12,15-16H2,1H3,(H,32,33). The Labute approximate surface area is 209 Å². The molecule has 0 atom stereocenters. The van der Waals surface area contributed by atoms with Gasteiger partial charge < -0.3 is 14.6 Å². The molecule has 8 heteroatoms. The number of nitrogens with zero attached hydrogens (tertiary/aromatic N) is 3. The molecule has 1 saturated heterocycles. The maximum Gasteiger partial charge on any atom is 0.303 e. The Morgan fingerprint density at radius 1 is 1.06 bits per heavy atom. The highest BCUT2D eigenvalue weighted by Gasteiger charge is 2.35. The molecule has 0 radical (unpaired) electrons. The van der Waals surface area contributed by atoms with Gasteiger partial charge in [-0.15, -0.1) is 0 Å². The highest BCUT2D eigenvalue weighted by molar-refractivity contribution is 6.31. The van der Waals surface area contributed by atoms with Crippen molar-refractivity contribution in [3.05, 3.63) is 63.4 Å². The summed E-state index contributed by atoms with van der Waals surface area (Å²) in [5, 5.41) is 11.0. The molecule has 1 N–H and O–H groups in total. The molecule has 0 bridgehead atoms. The number of aliphatic carboxylic acids is 1. The Balaban J connectivity index is 1.41. The number of hydrogen-bond acceptors (Lipinski definition) is 3. The fourth-order valence-corrected chi connectivity index (χ4v) is 5.17. The summed E-state index contributed by atoms with van der Waals surface area (Å²) in [5.41, 5.74) is 3.62. The Morgan fingerprint density at radius 2 is 1.79 bits per heavy atom. The normalized spacial score (nSPS) is 13.9. The number of benzene rings is 1. The average Bonchev–Trinajstić information content (AvgIpc) is 3.03. The largest absolute Gasteiger partial charge is 0.481 e. The fourth-order valence-electron chi connectivity index (χ4n) is 4.80. The third-order valence-electron chi connectivity index (χ3n) is 6.55. The number of unbranched alkanes of at least 4 members (excludes halogenated alkanes) is 3. The van der Waals surface area contributed by atoms with Crippen LogP contribution in [-0.4, -0.2) is 44.5 Å². The van der Waals surface area contributed by atoms with Crippen molar-refractivity contribution in [2.75, 3.05) is 13.1 Å². The number of halogens is 2. The van der Waals surface area contributed by atoms with E-state index in [0.717, 1.165) is 60.3 Å². The third kappa shape index (κ3) is 5.56. The van der Waals surface area contributed by atoms with Gasteiger partial charge in [0.2, 0.25) is 0 Å². The summed E-state index contributed by atoms with van der Waals surface area (Å²) in [6.07, 6.45) is 7.70. The highest BCUT2D eigenvalue weighted by atomic mass is 35.5. The van der Waals surface area contributed by atoms with Gasteiger partial charge in [0.1, 0.15) is 5.65 Å². The van der Waals surface area contributed by atoms with Crippen LogP contribution in [0.2, 0.25) is 10.0 Å². The zero-order chi connectivity index (χ0) is 24.2. The first-order valence-corrected chi connectivity index (χ1v) is 12.5. The van der Waals surface area contributed by atoms with Crippen molar-refractivity contribution in [1.82, 2.24) is 14.5 Å². The fraction of sp³-hybridized carbons (Fsp3) is 0.423. The van der Waals surface area contributed by atoms with Crippen LogP contribution in [0.25, 0.3) is 11.0 Å². The van der Waals surface area contributed by atoms with E-state index in [0.29, 0.717) is 23.7 Å². The van der Waals surface area contributed by atoms with E-state index in [-0.39, 0.29) is 18.2 Å². The summed E-state index contributed by atoms with van der Waals surface area (Å²) in [5.74, 6) is -0.873. The zero-order valence-electron chi connectivity index (χ0n) is 19.3. The molecule has 6 nitrogen and oxygen atoms in total. The van der Waals surface area contributed by atoms with Gasteiger partial charge in [-0.3, -0.25) is 9.59 Å². The summed E-state index contributed by atoms with van der Waals surface area (Å²) in [6, 6.07) is 9.80. The molecular formula is C26H29Cl2N3O3. The van der Waals surface area contributed by atoms with Crippen LogP contribution < -0.4 is 0 Å². The van der Waals surface area contributed by atoms with Gasteiger partial charge in [0, 0.05) is 48.4 Å². The van der Waals surface area contributed by atoms with E-state index in [2.05, 4.69) is 11.1 Å². The van der Waals surface area contributed by atoms with Crippen LogP contribution in [0.3, 0.4) is 0 Å². The van der Waals surface area contributed by atoms with E-state index in [1.54, 1.807) is 17.2 Å². The molecule has 3 heterocycles. The molecule has 0 unspecified atom stereocenters. The molecule has 2 aromatic heterocycles. The smallest absolute Gasteiger partial charge is 0.303 e. The zero-order valence-corrected chi connectivity index (χ0v) is 20.8. The van der Waals surface area contributed by atoms with Crippen molar-refractivity contribution < 1.29 is 14.7 Å². The van der Waals surface area contributed by atoms with Crippen LogP contribution in [-0.2, 0) is 24.7 Å². The Hall–Kier alpha value is -2.57. The average molecular weight is 502 g/mol. The van der Waals surface area contributed by atoms with Crippen LogP contribution in [0.4, 0.5) is 0 Å². The number of likely N-dealkylation sites (tertiary alicyclic amines) is 1. The van der Waals surface area contributed by atoms with Crippen molar-refractivity contribution in [2.24, 2.45) is 13.0 Å². The van der Waals surface area contributed by atoms with Crippen molar-refractivity contribution in [2.45, 2.75) is 44.9 Å². The first-order valence-electron chi connectivity index (χ1n) is 11.7. The van der Waals surface area contributed by atoms with Gasteiger partial charge in [-0.2, -0.15) is 0 Å². The second-order valence-electron chi connectivity index (χ2n) is 9.12. The van der Waals surface area contributed by atoms with E-state index in [9.17, 15) is 9.59 Å². The molecule has 0 aliphatic carbocycles. The van der Waals surface area contributed by atoms with Crippen LogP contribution >= 0.6 is 23.2 Å². The molecule has 1 aliphatic rings. The second-order valence-corrected chi connectivity index (χ2v) is 10.00. The first kappa shape index (κ1) is 24.6. The molecule has 180 valence electrons. The summed E-state index contributed by atoms with van der Waals surface area (Å²) < 4.78 is 2.00. The third-order valence-corrected chi connectivity index (χ3v) is 7.00. The lowest BCUT2D eigenvalue weighted by Gasteiger charge is -2.38. The van der Waals surface area contributed by atoms with Crippen molar-refractivity contribution in [1.29, 1.82) is 0 Å².